The Hall–Kier alpha value is -5.08. The predicted molar refractivity (Wildman–Crippen MR) is 219 cm³/mol. The first-order valence-corrected chi connectivity index (χ1v) is 19.5. The van der Waals surface area contributed by atoms with Gasteiger partial charge >= 0.3 is 0 Å². The Morgan fingerprint density at radius 2 is 0.654 bits per heavy atom. The maximum Gasteiger partial charge on any atom is 0.0520 e. The van der Waals surface area contributed by atoms with E-state index >= 15 is 0 Å². The monoisotopic (exact) mass is 678 g/mol. The van der Waals surface area contributed by atoms with Gasteiger partial charge in [0.25, 0.3) is 0 Å². The summed E-state index contributed by atoms with van der Waals surface area (Å²) in [5.74, 6) is 3.10. The minimum atomic E-state index is 0.00413. The molecule has 4 saturated carbocycles. The van der Waals surface area contributed by atoms with Gasteiger partial charge in [-0.15, -0.1) is 0 Å². The van der Waals surface area contributed by atoms with Crippen LogP contribution in [0, 0.1) is 51.4 Å². The lowest BCUT2D eigenvalue weighted by atomic mass is 9.42. The average molecular weight is 679 g/mol. The summed E-state index contributed by atoms with van der Waals surface area (Å²) in [5.41, 5.74) is 15.8. The van der Waals surface area contributed by atoms with Crippen molar-refractivity contribution in [3.63, 3.8) is 0 Å². The van der Waals surface area contributed by atoms with E-state index in [4.69, 9.17) is 0 Å². The highest BCUT2D eigenvalue weighted by Crippen LogP contribution is 2.66. The molecule has 6 aromatic rings. The molecule has 260 valence electrons. The highest BCUT2D eigenvalue weighted by molar-refractivity contribution is 5.82. The smallest absolute Gasteiger partial charge is 0.0520 e. The number of benzene rings is 6. The van der Waals surface area contributed by atoms with Crippen LogP contribution in [0.2, 0.25) is 0 Å². The standard InChI is InChI=1S/C50H50N2/c1-34-25-40(26-35(2)48(34)51(44-17-9-5-10-18-44)45-19-11-6-12-20-45)50(42-30-38-29-39(32-42)33-43(50)31-38)41-27-36(3)49(37(4)28-41)52(46-21-13-7-14-22-46)47-23-15-8-16-24-47/h5-28,38-39,42-43H,29-33H2,1-4H3. The van der Waals surface area contributed by atoms with Crippen LogP contribution < -0.4 is 9.80 Å². The zero-order valence-corrected chi connectivity index (χ0v) is 31.1. The van der Waals surface area contributed by atoms with E-state index < -0.39 is 0 Å². The van der Waals surface area contributed by atoms with Crippen molar-refractivity contribution in [1.29, 1.82) is 0 Å². The third-order valence-corrected chi connectivity index (χ3v) is 12.9. The van der Waals surface area contributed by atoms with Crippen LogP contribution in [0.3, 0.4) is 0 Å². The second kappa shape index (κ2) is 13.2. The van der Waals surface area contributed by atoms with E-state index in [1.54, 1.807) is 0 Å². The van der Waals surface area contributed by atoms with E-state index in [-0.39, 0.29) is 5.41 Å². The molecule has 0 radical (unpaired) electrons. The highest BCUT2D eigenvalue weighted by Gasteiger charge is 2.58. The molecule has 0 atom stereocenters. The maximum absolute atomic E-state index is 2.60. The van der Waals surface area contributed by atoms with Gasteiger partial charge in [-0.05, 0) is 165 Å². The van der Waals surface area contributed by atoms with Gasteiger partial charge in [0.1, 0.15) is 0 Å². The van der Waals surface area contributed by atoms with Gasteiger partial charge in [-0.25, -0.2) is 0 Å². The van der Waals surface area contributed by atoms with Crippen molar-refractivity contribution in [2.45, 2.75) is 65.2 Å². The molecule has 0 aromatic heterocycles. The molecule has 0 amide bonds. The van der Waals surface area contributed by atoms with Gasteiger partial charge in [-0.3, -0.25) is 0 Å². The van der Waals surface area contributed by atoms with Crippen molar-refractivity contribution < 1.29 is 0 Å². The Morgan fingerprint density at radius 1 is 0.385 bits per heavy atom. The molecule has 0 heterocycles. The first-order valence-electron chi connectivity index (χ1n) is 19.5. The Kier molecular flexibility index (Phi) is 8.30. The summed E-state index contributed by atoms with van der Waals surface area (Å²) in [4.78, 5) is 4.92. The summed E-state index contributed by atoms with van der Waals surface area (Å²) in [5, 5.41) is 0. The number of hydrogen-bond acceptors (Lipinski definition) is 2. The minimum absolute atomic E-state index is 0.00413. The molecule has 2 heteroatoms. The Morgan fingerprint density at radius 3 is 0.923 bits per heavy atom. The maximum atomic E-state index is 2.60. The van der Waals surface area contributed by atoms with Crippen LogP contribution in [0.1, 0.15) is 65.5 Å². The Labute approximate surface area is 310 Å². The van der Waals surface area contributed by atoms with Crippen LogP contribution in [-0.4, -0.2) is 0 Å². The SMILES string of the molecule is Cc1cc(C2(c3cc(C)c(N(c4ccccc4)c4ccccc4)c(C)c3)C3CC4CC(C3)CC2C4)cc(C)c1N(c1ccccc1)c1ccccc1. The van der Waals surface area contributed by atoms with Crippen molar-refractivity contribution in [1.82, 2.24) is 0 Å². The molecule has 52 heavy (non-hydrogen) atoms. The average Bonchev–Trinajstić information content (AvgIpc) is 3.16. The van der Waals surface area contributed by atoms with E-state index in [1.165, 1.54) is 99.6 Å². The number of aryl methyl sites for hydroxylation is 4. The predicted octanol–water partition coefficient (Wildman–Crippen LogP) is 13.6. The van der Waals surface area contributed by atoms with Crippen LogP contribution >= 0.6 is 0 Å². The molecule has 2 nitrogen and oxygen atoms in total. The third kappa shape index (κ3) is 5.38. The zero-order valence-electron chi connectivity index (χ0n) is 31.1. The molecule has 0 spiro atoms. The quantitative estimate of drug-likeness (QED) is 0.158. The summed E-state index contributed by atoms with van der Waals surface area (Å²) in [7, 11) is 0. The van der Waals surface area contributed by atoms with Crippen LogP contribution in [-0.2, 0) is 5.41 Å². The lowest BCUT2D eigenvalue weighted by Gasteiger charge is -2.62. The van der Waals surface area contributed by atoms with Crippen molar-refractivity contribution in [2.24, 2.45) is 23.7 Å². The molecule has 0 aliphatic heterocycles. The van der Waals surface area contributed by atoms with E-state index in [9.17, 15) is 0 Å². The van der Waals surface area contributed by atoms with E-state index in [0.29, 0.717) is 11.8 Å². The van der Waals surface area contributed by atoms with E-state index in [1.807, 2.05) is 0 Å². The summed E-state index contributed by atoms with van der Waals surface area (Å²) in [6.45, 7) is 9.41. The molecule has 10 rings (SSSR count). The molecule has 4 aliphatic carbocycles. The van der Waals surface area contributed by atoms with E-state index in [0.717, 1.165) is 11.8 Å². The summed E-state index contributed by atoms with van der Waals surface area (Å²) in [6, 6.07) is 53.9. The first kappa shape index (κ1) is 32.8. The normalized spacial score (nSPS) is 21.2. The molecule has 0 N–H and O–H groups in total. The molecule has 0 saturated heterocycles. The molecule has 6 aromatic carbocycles. The molecular weight excluding hydrogens is 629 g/mol. The van der Waals surface area contributed by atoms with Gasteiger partial charge in [0.05, 0.1) is 11.4 Å². The van der Waals surface area contributed by atoms with Gasteiger partial charge in [0.15, 0.2) is 0 Å². The van der Waals surface area contributed by atoms with Crippen molar-refractivity contribution in [3.05, 3.63) is 179 Å². The van der Waals surface area contributed by atoms with Gasteiger partial charge < -0.3 is 9.80 Å². The van der Waals surface area contributed by atoms with Crippen molar-refractivity contribution in [3.8, 4) is 0 Å². The molecule has 4 aliphatic rings. The van der Waals surface area contributed by atoms with Crippen LogP contribution in [0.5, 0.6) is 0 Å². The second-order valence-electron chi connectivity index (χ2n) is 16.1. The van der Waals surface area contributed by atoms with Crippen LogP contribution in [0.4, 0.5) is 34.1 Å². The first-order chi connectivity index (χ1) is 25.4. The van der Waals surface area contributed by atoms with Crippen molar-refractivity contribution >= 4 is 34.1 Å². The fourth-order valence-corrected chi connectivity index (χ4v) is 11.3. The summed E-state index contributed by atoms with van der Waals surface area (Å²) in [6.07, 6.45) is 6.86. The summed E-state index contributed by atoms with van der Waals surface area (Å²) < 4.78 is 0. The molecular formula is C50H50N2. The van der Waals surface area contributed by atoms with Gasteiger partial charge in [0.2, 0.25) is 0 Å². The number of anilines is 6. The number of para-hydroxylation sites is 4. The number of nitrogens with zero attached hydrogens (tertiary/aromatic N) is 2. The van der Waals surface area contributed by atoms with E-state index in [2.05, 4.69) is 183 Å². The molecule has 0 unspecified atom stereocenters. The minimum Gasteiger partial charge on any atom is -0.310 e. The van der Waals surface area contributed by atoms with Crippen molar-refractivity contribution in [2.75, 3.05) is 9.80 Å². The lowest BCUT2D eigenvalue weighted by molar-refractivity contribution is -0.0418. The van der Waals surface area contributed by atoms with Crippen LogP contribution in [0.15, 0.2) is 146 Å². The Bertz CT molecular complexity index is 1890. The molecule has 4 bridgehead atoms. The second-order valence-corrected chi connectivity index (χ2v) is 16.1. The van der Waals surface area contributed by atoms with Gasteiger partial charge in [0, 0.05) is 28.2 Å². The zero-order chi connectivity index (χ0) is 35.4. The fraction of sp³-hybridized carbons (Fsp3) is 0.280. The number of rotatable bonds is 8. The van der Waals surface area contributed by atoms with Gasteiger partial charge in [-0.2, -0.15) is 0 Å². The summed E-state index contributed by atoms with van der Waals surface area (Å²) >= 11 is 0. The van der Waals surface area contributed by atoms with Crippen LogP contribution in [0.25, 0.3) is 0 Å². The molecule has 4 fully saturated rings. The largest absolute Gasteiger partial charge is 0.310 e. The fourth-order valence-electron chi connectivity index (χ4n) is 11.3. The lowest BCUT2D eigenvalue weighted by Crippen LogP contribution is -2.56. The number of hydrogen-bond donors (Lipinski definition) is 0. The highest BCUT2D eigenvalue weighted by atomic mass is 15.2. The third-order valence-electron chi connectivity index (χ3n) is 12.9. The Balaban J connectivity index is 1.22. The van der Waals surface area contributed by atoms with Gasteiger partial charge in [-0.1, -0.05) is 97.1 Å². The topological polar surface area (TPSA) is 6.48 Å².